The second kappa shape index (κ2) is 7.05. The van der Waals surface area contributed by atoms with Crippen molar-refractivity contribution >= 4 is 22.4 Å². The van der Waals surface area contributed by atoms with Gasteiger partial charge in [0.25, 0.3) is 0 Å². The summed E-state index contributed by atoms with van der Waals surface area (Å²) in [5.74, 6) is 0.601. The molecule has 1 aromatic rings. The number of benzene rings is 1. The summed E-state index contributed by atoms with van der Waals surface area (Å²) in [7, 11) is -1.02. The van der Waals surface area contributed by atoms with Gasteiger partial charge < -0.3 is 5.32 Å². The highest BCUT2D eigenvalue weighted by molar-refractivity contribution is 7.85. The fourth-order valence-electron chi connectivity index (χ4n) is 1.40. The van der Waals surface area contributed by atoms with E-state index in [0.29, 0.717) is 10.8 Å². The zero-order valence-corrected chi connectivity index (χ0v) is 11.3. The zero-order valence-electron chi connectivity index (χ0n) is 9.70. The Labute approximate surface area is 105 Å². The molecule has 1 rings (SSSR count). The summed E-state index contributed by atoms with van der Waals surface area (Å²) in [6.07, 6.45) is 1.09. The van der Waals surface area contributed by atoms with E-state index in [1.54, 1.807) is 6.07 Å². The minimum Gasteiger partial charge on any atom is -0.313 e. The van der Waals surface area contributed by atoms with Crippen LogP contribution in [0.25, 0.3) is 0 Å². The summed E-state index contributed by atoms with van der Waals surface area (Å²) in [4.78, 5) is 0.731. The molecule has 1 N–H and O–H groups in total. The molecule has 4 heteroatoms. The van der Waals surface area contributed by atoms with Gasteiger partial charge in [-0.2, -0.15) is 0 Å². The summed E-state index contributed by atoms with van der Waals surface area (Å²) in [6, 6.07) is 7.56. The topological polar surface area (TPSA) is 29.1 Å². The first-order valence-corrected chi connectivity index (χ1v) is 7.21. The summed E-state index contributed by atoms with van der Waals surface area (Å²) < 4.78 is 12.0. The minimum atomic E-state index is -1.02. The Bertz CT molecular complexity index is 357. The Hall–Kier alpha value is -0.380. The molecule has 90 valence electrons. The van der Waals surface area contributed by atoms with Gasteiger partial charge in [-0.05, 0) is 32.0 Å². The van der Waals surface area contributed by atoms with Crippen molar-refractivity contribution in [2.45, 2.75) is 31.2 Å². The van der Waals surface area contributed by atoms with Gasteiger partial charge >= 0.3 is 0 Å². The van der Waals surface area contributed by atoms with Gasteiger partial charge in [0.1, 0.15) is 0 Å². The molecule has 2 unspecified atom stereocenters. The maximum Gasteiger partial charge on any atom is 0.0574 e. The summed E-state index contributed by atoms with van der Waals surface area (Å²) in [6.45, 7) is 5.12. The lowest BCUT2D eigenvalue weighted by Crippen LogP contribution is -2.31. The zero-order chi connectivity index (χ0) is 12.0. The van der Waals surface area contributed by atoms with Crippen molar-refractivity contribution in [1.82, 2.24) is 5.32 Å². The van der Waals surface area contributed by atoms with Crippen LogP contribution in [0.1, 0.15) is 20.3 Å². The number of halogens is 1. The standard InChI is InChI=1S/C12H18ClNOS/c1-3-8-14-10(2)9-16(15)12-7-5-4-6-11(12)13/h4-7,10,14H,3,8-9H2,1-2H3. The van der Waals surface area contributed by atoms with E-state index in [-0.39, 0.29) is 6.04 Å². The van der Waals surface area contributed by atoms with E-state index >= 15 is 0 Å². The van der Waals surface area contributed by atoms with Gasteiger partial charge in [0.05, 0.1) is 20.7 Å². The van der Waals surface area contributed by atoms with Crippen LogP contribution in [-0.2, 0) is 10.8 Å². The lowest BCUT2D eigenvalue weighted by atomic mass is 10.3. The fraction of sp³-hybridized carbons (Fsp3) is 0.500. The van der Waals surface area contributed by atoms with Crippen LogP contribution in [0.15, 0.2) is 29.2 Å². The second-order valence-electron chi connectivity index (χ2n) is 3.80. The molecule has 16 heavy (non-hydrogen) atoms. The maximum atomic E-state index is 12.0. The minimum absolute atomic E-state index is 0.247. The van der Waals surface area contributed by atoms with Crippen molar-refractivity contribution in [2.75, 3.05) is 12.3 Å². The van der Waals surface area contributed by atoms with Gasteiger partial charge in [-0.3, -0.25) is 4.21 Å². The molecule has 0 heterocycles. The number of nitrogens with one attached hydrogen (secondary N) is 1. The molecule has 0 aliphatic rings. The van der Waals surface area contributed by atoms with Crippen molar-refractivity contribution in [3.63, 3.8) is 0 Å². The summed E-state index contributed by atoms with van der Waals surface area (Å²) >= 11 is 5.99. The number of hydrogen-bond acceptors (Lipinski definition) is 2. The van der Waals surface area contributed by atoms with Crippen molar-refractivity contribution in [1.29, 1.82) is 0 Å². The van der Waals surface area contributed by atoms with E-state index in [0.717, 1.165) is 17.9 Å². The largest absolute Gasteiger partial charge is 0.313 e. The Kier molecular flexibility index (Phi) is 6.03. The van der Waals surface area contributed by atoms with Gasteiger partial charge in [0, 0.05) is 11.8 Å². The number of rotatable bonds is 6. The fourth-order valence-corrected chi connectivity index (χ4v) is 3.06. The first-order chi connectivity index (χ1) is 7.65. The van der Waals surface area contributed by atoms with E-state index in [1.165, 1.54) is 0 Å². The van der Waals surface area contributed by atoms with Crippen LogP contribution >= 0.6 is 11.6 Å². The average molecular weight is 260 g/mol. The highest BCUT2D eigenvalue weighted by atomic mass is 35.5. The van der Waals surface area contributed by atoms with E-state index in [9.17, 15) is 4.21 Å². The van der Waals surface area contributed by atoms with Gasteiger partial charge in [0.15, 0.2) is 0 Å². The van der Waals surface area contributed by atoms with Crippen LogP contribution in [0, 0.1) is 0 Å². The Balaban J connectivity index is 2.56. The van der Waals surface area contributed by atoms with Gasteiger partial charge in [-0.1, -0.05) is 30.7 Å². The molecule has 0 spiro atoms. The molecular weight excluding hydrogens is 242 g/mol. The highest BCUT2D eigenvalue weighted by Gasteiger charge is 2.11. The maximum absolute atomic E-state index is 12.0. The molecule has 0 amide bonds. The molecule has 0 saturated heterocycles. The van der Waals surface area contributed by atoms with Crippen LogP contribution < -0.4 is 5.32 Å². The van der Waals surface area contributed by atoms with Crippen LogP contribution in [0.3, 0.4) is 0 Å². The highest BCUT2D eigenvalue weighted by Crippen LogP contribution is 2.19. The van der Waals surface area contributed by atoms with E-state index in [1.807, 2.05) is 25.1 Å². The van der Waals surface area contributed by atoms with Crippen molar-refractivity contribution in [3.8, 4) is 0 Å². The second-order valence-corrected chi connectivity index (χ2v) is 5.67. The van der Waals surface area contributed by atoms with Crippen LogP contribution in [-0.4, -0.2) is 22.5 Å². The molecule has 1 aromatic carbocycles. The third-order valence-electron chi connectivity index (χ3n) is 2.23. The van der Waals surface area contributed by atoms with Gasteiger partial charge in [-0.25, -0.2) is 0 Å². The Morgan fingerprint density at radius 3 is 2.75 bits per heavy atom. The predicted octanol–water partition coefficient (Wildman–Crippen LogP) is 2.84. The van der Waals surface area contributed by atoms with E-state index in [4.69, 9.17) is 11.6 Å². The molecular formula is C12H18ClNOS. The Morgan fingerprint density at radius 2 is 2.12 bits per heavy atom. The lowest BCUT2D eigenvalue weighted by Gasteiger charge is -2.13. The smallest absolute Gasteiger partial charge is 0.0574 e. The monoisotopic (exact) mass is 259 g/mol. The van der Waals surface area contributed by atoms with E-state index in [2.05, 4.69) is 12.2 Å². The predicted molar refractivity (Wildman–Crippen MR) is 70.5 cm³/mol. The van der Waals surface area contributed by atoms with Crippen LogP contribution in [0.4, 0.5) is 0 Å². The lowest BCUT2D eigenvalue weighted by molar-refractivity contribution is 0.582. The van der Waals surface area contributed by atoms with Crippen molar-refractivity contribution < 1.29 is 4.21 Å². The molecule has 0 aliphatic carbocycles. The van der Waals surface area contributed by atoms with E-state index < -0.39 is 10.8 Å². The SMILES string of the molecule is CCCNC(C)CS(=O)c1ccccc1Cl. The van der Waals surface area contributed by atoms with Crippen molar-refractivity contribution in [2.24, 2.45) is 0 Å². The third kappa shape index (κ3) is 4.24. The molecule has 2 atom stereocenters. The van der Waals surface area contributed by atoms with Crippen molar-refractivity contribution in [3.05, 3.63) is 29.3 Å². The molecule has 0 radical (unpaired) electrons. The normalized spacial score (nSPS) is 14.7. The first-order valence-electron chi connectivity index (χ1n) is 5.51. The third-order valence-corrected chi connectivity index (χ3v) is 4.32. The van der Waals surface area contributed by atoms with Crippen LogP contribution in [0.5, 0.6) is 0 Å². The quantitative estimate of drug-likeness (QED) is 0.851. The molecule has 0 saturated carbocycles. The molecule has 2 nitrogen and oxygen atoms in total. The summed E-state index contributed by atoms with van der Waals surface area (Å²) in [5, 5.41) is 3.90. The molecule has 0 fully saturated rings. The molecule has 0 aromatic heterocycles. The average Bonchev–Trinajstić information content (AvgIpc) is 2.26. The Morgan fingerprint density at radius 1 is 1.44 bits per heavy atom. The first kappa shape index (κ1) is 13.7. The molecule has 0 aliphatic heterocycles. The number of hydrogen-bond donors (Lipinski definition) is 1. The van der Waals surface area contributed by atoms with Gasteiger partial charge in [0.2, 0.25) is 0 Å². The van der Waals surface area contributed by atoms with Gasteiger partial charge in [-0.15, -0.1) is 0 Å². The molecule has 0 bridgehead atoms. The summed E-state index contributed by atoms with van der Waals surface area (Å²) in [5.41, 5.74) is 0. The van der Waals surface area contributed by atoms with Crippen LogP contribution in [0.2, 0.25) is 5.02 Å².